The lowest BCUT2D eigenvalue weighted by Gasteiger charge is -2.17. The summed E-state index contributed by atoms with van der Waals surface area (Å²) in [5, 5.41) is 2.89. The molecule has 2 aromatic rings. The van der Waals surface area contributed by atoms with E-state index in [1.54, 1.807) is 42.5 Å². The molecule has 0 saturated carbocycles. The molecule has 3 rings (SSSR count). The third kappa shape index (κ3) is 1.87. The number of nitroso groups, excluding NO2 is 1. The van der Waals surface area contributed by atoms with Gasteiger partial charge in [0.05, 0.1) is 12.2 Å². The van der Waals surface area contributed by atoms with Crippen LogP contribution in [0.2, 0.25) is 0 Å². The monoisotopic (exact) mass is 270 g/mol. The van der Waals surface area contributed by atoms with Gasteiger partial charge in [-0.3, -0.25) is 4.79 Å². The summed E-state index contributed by atoms with van der Waals surface area (Å²) in [4.78, 5) is 24.5. The summed E-state index contributed by atoms with van der Waals surface area (Å²) < 4.78 is 13.7. The van der Waals surface area contributed by atoms with Crippen molar-refractivity contribution < 1.29 is 9.18 Å². The molecule has 100 valence electrons. The molecular weight excluding hydrogens is 259 g/mol. The summed E-state index contributed by atoms with van der Waals surface area (Å²) in [7, 11) is 0. The Bertz CT molecular complexity index is 687. The average molecular weight is 270 g/mol. The van der Waals surface area contributed by atoms with Gasteiger partial charge in [-0.25, -0.2) is 4.39 Å². The molecule has 1 unspecified atom stereocenters. The zero-order chi connectivity index (χ0) is 14.1. The number of fused-ring (bicyclic) bond motifs is 1. The Balaban J connectivity index is 2.00. The molecule has 1 aliphatic heterocycles. The van der Waals surface area contributed by atoms with Crippen LogP contribution >= 0.6 is 0 Å². The standard InChI is InChI=1S/C15H11FN2O2/c16-12-7-3-1-5-10(12)9-18-13-8-4-2-6-11(13)14(17-20)15(18)19/h1-8,14H,9H2. The maximum absolute atomic E-state index is 13.7. The van der Waals surface area contributed by atoms with Gasteiger partial charge in [-0.15, -0.1) is 4.91 Å². The van der Waals surface area contributed by atoms with Gasteiger partial charge in [-0.05, 0) is 12.1 Å². The van der Waals surface area contributed by atoms with E-state index in [1.165, 1.54) is 11.0 Å². The van der Waals surface area contributed by atoms with Gasteiger partial charge in [0, 0.05) is 11.1 Å². The number of halogens is 1. The van der Waals surface area contributed by atoms with E-state index in [4.69, 9.17) is 0 Å². The first-order valence-corrected chi connectivity index (χ1v) is 6.18. The van der Waals surface area contributed by atoms with E-state index in [0.717, 1.165) is 0 Å². The van der Waals surface area contributed by atoms with Crippen molar-refractivity contribution in [2.75, 3.05) is 4.90 Å². The highest BCUT2D eigenvalue weighted by Crippen LogP contribution is 2.38. The van der Waals surface area contributed by atoms with Gasteiger partial charge in [-0.1, -0.05) is 41.6 Å². The second kappa shape index (κ2) is 4.85. The van der Waals surface area contributed by atoms with Crippen molar-refractivity contribution >= 4 is 11.6 Å². The highest BCUT2D eigenvalue weighted by molar-refractivity contribution is 6.04. The molecule has 20 heavy (non-hydrogen) atoms. The number of hydrogen-bond donors (Lipinski definition) is 0. The van der Waals surface area contributed by atoms with Gasteiger partial charge in [0.25, 0.3) is 5.91 Å². The van der Waals surface area contributed by atoms with Crippen molar-refractivity contribution in [1.82, 2.24) is 0 Å². The van der Waals surface area contributed by atoms with Crippen LogP contribution in [0.5, 0.6) is 0 Å². The molecular formula is C15H11FN2O2. The van der Waals surface area contributed by atoms with E-state index in [9.17, 15) is 14.1 Å². The molecule has 0 aliphatic carbocycles. The van der Waals surface area contributed by atoms with Crippen LogP contribution in [0.25, 0.3) is 0 Å². The lowest BCUT2D eigenvalue weighted by atomic mass is 10.1. The van der Waals surface area contributed by atoms with Crippen molar-refractivity contribution in [3.63, 3.8) is 0 Å². The molecule has 2 aromatic carbocycles. The largest absolute Gasteiger partial charge is 0.305 e. The zero-order valence-electron chi connectivity index (χ0n) is 10.5. The third-order valence-electron chi connectivity index (χ3n) is 3.41. The first kappa shape index (κ1) is 12.5. The Morgan fingerprint density at radius 1 is 1.10 bits per heavy atom. The topological polar surface area (TPSA) is 49.7 Å². The van der Waals surface area contributed by atoms with E-state index in [2.05, 4.69) is 5.18 Å². The SMILES string of the molecule is O=NC1C(=O)N(Cc2ccccc2F)c2ccccc21. The Morgan fingerprint density at radius 2 is 1.80 bits per heavy atom. The fraction of sp³-hybridized carbons (Fsp3) is 0.133. The number of benzene rings is 2. The summed E-state index contributed by atoms with van der Waals surface area (Å²) in [5.41, 5.74) is 1.59. The van der Waals surface area contributed by atoms with Crippen LogP contribution in [-0.2, 0) is 11.3 Å². The van der Waals surface area contributed by atoms with E-state index >= 15 is 0 Å². The number of carbonyl (C=O) groups excluding carboxylic acids is 1. The number of rotatable bonds is 3. The van der Waals surface area contributed by atoms with E-state index in [1.807, 2.05) is 0 Å². The minimum Gasteiger partial charge on any atom is -0.305 e. The molecule has 1 amide bonds. The van der Waals surface area contributed by atoms with Crippen LogP contribution in [0.3, 0.4) is 0 Å². The molecule has 5 heteroatoms. The van der Waals surface area contributed by atoms with Crippen LogP contribution in [0.4, 0.5) is 10.1 Å². The van der Waals surface area contributed by atoms with Crippen LogP contribution < -0.4 is 4.90 Å². The lowest BCUT2D eigenvalue weighted by Crippen LogP contribution is -2.28. The first-order chi connectivity index (χ1) is 9.72. The van der Waals surface area contributed by atoms with Gasteiger partial charge in [0.2, 0.25) is 0 Å². The Kier molecular flexibility index (Phi) is 3.02. The smallest absolute Gasteiger partial charge is 0.260 e. The number of para-hydroxylation sites is 1. The number of amides is 1. The number of carbonyl (C=O) groups is 1. The maximum atomic E-state index is 13.7. The summed E-state index contributed by atoms with van der Waals surface area (Å²) >= 11 is 0. The molecule has 4 nitrogen and oxygen atoms in total. The van der Waals surface area contributed by atoms with Crippen molar-refractivity contribution in [3.8, 4) is 0 Å². The van der Waals surface area contributed by atoms with Crippen LogP contribution in [0.15, 0.2) is 53.7 Å². The summed E-state index contributed by atoms with van der Waals surface area (Å²) in [6.07, 6.45) is 0. The van der Waals surface area contributed by atoms with Crippen LogP contribution in [0.1, 0.15) is 17.2 Å². The quantitative estimate of drug-likeness (QED) is 0.804. The van der Waals surface area contributed by atoms with Gasteiger partial charge in [0.1, 0.15) is 5.82 Å². The van der Waals surface area contributed by atoms with Crippen molar-refractivity contribution in [2.24, 2.45) is 5.18 Å². The fourth-order valence-corrected chi connectivity index (χ4v) is 2.43. The minimum absolute atomic E-state index is 0.0918. The average Bonchev–Trinajstić information content (AvgIpc) is 2.74. The van der Waals surface area contributed by atoms with Crippen molar-refractivity contribution in [2.45, 2.75) is 12.6 Å². The molecule has 0 N–H and O–H groups in total. The molecule has 1 heterocycles. The van der Waals surface area contributed by atoms with Gasteiger partial charge < -0.3 is 4.90 Å². The van der Waals surface area contributed by atoms with Crippen molar-refractivity contribution in [1.29, 1.82) is 0 Å². The molecule has 0 fully saturated rings. The molecule has 1 atom stereocenters. The van der Waals surface area contributed by atoms with Crippen LogP contribution in [-0.4, -0.2) is 5.91 Å². The molecule has 0 radical (unpaired) electrons. The number of hydrogen-bond acceptors (Lipinski definition) is 3. The molecule has 0 bridgehead atoms. The summed E-state index contributed by atoms with van der Waals surface area (Å²) in [6, 6.07) is 12.2. The second-order valence-corrected chi connectivity index (χ2v) is 4.58. The molecule has 0 spiro atoms. The minimum atomic E-state index is -1.03. The second-order valence-electron chi connectivity index (χ2n) is 4.58. The predicted molar refractivity (Wildman–Crippen MR) is 72.6 cm³/mol. The number of anilines is 1. The van der Waals surface area contributed by atoms with Gasteiger partial charge in [-0.2, -0.15) is 0 Å². The third-order valence-corrected chi connectivity index (χ3v) is 3.41. The molecule has 0 aromatic heterocycles. The lowest BCUT2D eigenvalue weighted by molar-refractivity contribution is -0.119. The number of nitrogens with zero attached hydrogens (tertiary/aromatic N) is 2. The first-order valence-electron chi connectivity index (χ1n) is 6.18. The predicted octanol–water partition coefficient (Wildman–Crippen LogP) is 3.18. The Hall–Kier alpha value is -2.56. The summed E-state index contributed by atoms with van der Waals surface area (Å²) in [6.45, 7) is 0.0918. The molecule has 1 aliphatic rings. The Labute approximate surface area is 114 Å². The molecule has 0 saturated heterocycles. The summed E-state index contributed by atoms with van der Waals surface area (Å²) in [5.74, 6) is -0.787. The highest BCUT2D eigenvalue weighted by Gasteiger charge is 2.38. The van der Waals surface area contributed by atoms with E-state index < -0.39 is 11.9 Å². The van der Waals surface area contributed by atoms with E-state index in [0.29, 0.717) is 16.8 Å². The zero-order valence-corrected chi connectivity index (χ0v) is 10.5. The fourth-order valence-electron chi connectivity index (χ4n) is 2.43. The van der Waals surface area contributed by atoms with Gasteiger partial charge in [0.15, 0.2) is 6.04 Å². The van der Waals surface area contributed by atoms with Crippen molar-refractivity contribution in [3.05, 3.63) is 70.4 Å². The van der Waals surface area contributed by atoms with Crippen LogP contribution in [0, 0.1) is 10.7 Å². The van der Waals surface area contributed by atoms with E-state index in [-0.39, 0.29) is 12.4 Å². The van der Waals surface area contributed by atoms with Gasteiger partial charge >= 0.3 is 0 Å². The highest BCUT2D eigenvalue weighted by atomic mass is 19.1. The maximum Gasteiger partial charge on any atom is 0.260 e. The normalized spacial score (nSPS) is 17.1. The Morgan fingerprint density at radius 3 is 2.55 bits per heavy atom.